The predicted molar refractivity (Wildman–Crippen MR) is 123 cm³/mol. The second-order valence-electron chi connectivity index (χ2n) is 6.16. The van der Waals surface area contributed by atoms with Crippen LogP contribution in [-0.4, -0.2) is 45.7 Å². The third-order valence-corrected chi connectivity index (χ3v) is 6.11. The Labute approximate surface area is 200 Å². The smallest absolute Gasteiger partial charge is 0.339 e. The molecule has 3 rings (SSSR count). The largest absolute Gasteiger partial charge is 0.493 e. The van der Waals surface area contributed by atoms with Gasteiger partial charge in [0.1, 0.15) is 12.7 Å². The SMILES string of the molecule is COc1cc(I)c(C(=O)OC(C)COC(=O)c2ccc3c(c2I)OCO3)cc1OC. The number of carbonyl (C=O) groups excluding carboxylic acids is 2. The molecule has 0 N–H and O–H groups in total. The van der Waals surface area contributed by atoms with Gasteiger partial charge >= 0.3 is 11.9 Å². The molecule has 0 spiro atoms. The van der Waals surface area contributed by atoms with E-state index in [-0.39, 0.29) is 13.4 Å². The average molecular weight is 640 g/mol. The summed E-state index contributed by atoms with van der Waals surface area (Å²) >= 11 is 4.03. The lowest BCUT2D eigenvalue weighted by atomic mass is 10.2. The number of benzene rings is 2. The van der Waals surface area contributed by atoms with E-state index in [0.29, 0.717) is 41.3 Å². The van der Waals surface area contributed by atoms with Crippen LogP contribution in [0, 0.1) is 7.14 Å². The van der Waals surface area contributed by atoms with E-state index in [1.807, 2.05) is 45.2 Å². The Hall–Kier alpha value is -1.96. The zero-order valence-electron chi connectivity index (χ0n) is 16.3. The molecule has 1 unspecified atom stereocenters. The third kappa shape index (κ3) is 4.85. The number of carbonyl (C=O) groups is 2. The van der Waals surface area contributed by atoms with Gasteiger partial charge in [0, 0.05) is 3.57 Å². The molecule has 1 aliphatic rings. The summed E-state index contributed by atoms with van der Waals surface area (Å²) in [6, 6.07) is 6.50. The van der Waals surface area contributed by atoms with E-state index in [1.54, 1.807) is 31.2 Å². The highest BCUT2D eigenvalue weighted by Gasteiger charge is 2.24. The normalized spacial score (nSPS) is 12.8. The van der Waals surface area contributed by atoms with Gasteiger partial charge in [0.05, 0.1) is 28.9 Å². The molecule has 1 heterocycles. The number of hydrogen-bond acceptors (Lipinski definition) is 8. The van der Waals surface area contributed by atoms with E-state index in [1.165, 1.54) is 14.2 Å². The van der Waals surface area contributed by atoms with Gasteiger partial charge in [0.25, 0.3) is 0 Å². The molecule has 0 aromatic heterocycles. The molecule has 2 aromatic rings. The van der Waals surface area contributed by atoms with Crippen molar-refractivity contribution in [3.05, 3.63) is 42.5 Å². The predicted octanol–water partition coefficient (Wildman–Crippen LogP) is 4.04. The lowest BCUT2D eigenvalue weighted by Gasteiger charge is -2.16. The maximum Gasteiger partial charge on any atom is 0.339 e. The van der Waals surface area contributed by atoms with Crippen molar-refractivity contribution in [2.45, 2.75) is 13.0 Å². The topological polar surface area (TPSA) is 89.5 Å². The molecular formula is C20H18I2O8. The van der Waals surface area contributed by atoms with Crippen molar-refractivity contribution in [2.75, 3.05) is 27.6 Å². The Bertz CT molecular complexity index is 976. The number of fused-ring (bicyclic) bond motifs is 1. The van der Waals surface area contributed by atoms with Gasteiger partial charge in [-0.2, -0.15) is 0 Å². The standard InChI is InChI=1S/C20H18I2O8/c1-10(30-20(24)12-6-15(25-2)16(26-3)7-13(12)21)8-27-19(23)11-4-5-14-18(17(11)22)29-9-28-14/h4-7,10H,8-9H2,1-3H3. The number of ether oxygens (including phenoxy) is 6. The Morgan fingerprint density at radius 2 is 1.73 bits per heavy atom. The molecule has 0 bridgehead atoms. The van der Waals surface area contributed by atoms with Gasteiger partial charge < -0.3 is 28.4 Å². The van der Waals surface area contributed by atoms with Crippen LogP contribution in [0.3, 0.4) is 0 Å². The van der Waals surface area contributed by atoms with Gasteiger partial charge in [-0.05, 0) is 76.4 Å². The maximum absolute atomic E-state index is 12.5. The molecular weight excluding hydrogens is 622 g/mol. The molecule has 0 fully saturated rings. The van der Waals surface area contributed by atoms with Gasteiger partial charge in [-0.15, -0.1) is 0 Å². The van der Waals surface area contributed by atoms with Crippen molar-refractivity contribution in [2.24, 2.45) is 0 Å². The van der Waals surface area contributed by atoms with E-state index < -0.39 is 18.0 Å². The first-order valence-electron chi connectivity index (χ1n) is 8.73. The molecule has 1 atom stereocenters. The van der Waals surface area contributed by atoms with Crippen LogP contribution < -0.4 is 18.9 Å². The van der Waals surface area contributed by atoms with Crippen LogP contribution in [0.25, 0.3) is 0 Å². The first-order chi connectivity index (χ1) is 14.3. The number of rotatable bonds is 7. The van der Waals surface area contributed by atoms with Crippen LogP contribution in [0.15, 0.2) is 24.3 Å². The van der Waals surface area contributed by atoms with Gasteiger partial charge in [-0.1, -0.05) is 0 Å². The molecule has 30 heavy (non-hydrogen) atoms. The van der Waals surface area contributed by atoms with E-state index in [4.69, 9.17) is 28.4 Å². The third-order valence-electron chi connectivity index (χ3n) is 4.15. The fourth-order valence-corrected chi connectivity index (χ4v) is 4.14. The monoisotopic (exact) mass is 640 g/mol. The second kappa shape index (κ2) is 9.90. The van der Waals surface area contributed by atoms with Crippen LogP contribution in [0.2, 0.25) is 0 Å². The highest BCUT2D eigenvalue weighted by Crippen LogP contribution is 2.38. The zero-order valence-corrected chi connectivity index (χ0v) is 20.6. The molecule has 0 saturated heterocycles. The minimum absolute atomic E-state index is 0.0983. The minimum Gasteiger partial charge on any atom is -0.493 e. The first kappa shape index (κ1) is 22.7. The fourth-order valence-electron chi connectivity index (χ4n) is 2.66. The van der Waals surface area contributed by atoms with Crippen LogP contribution in [0.4, 0.5) is 0 Å². The summed E-state index contributed by atoms with van der Waals surface area (Å²) in [5.74, 6) is 0.943. The van der Waals surface area contributed by atoms with Crippen molar-refractivity contribution in [3.63, 3.8) is 0 Å². The van der Waals surface area contributed by atoms with E-state index >= 15 is 0 Å². The quantitative estimate of drug-likeness (QED) is 0.331. The van der Waals surface area contributed by atoms with Crippen LogP contribution in [0.1, 0.15) is 27.6 Å². The Kier molecular flexibility index (Phi) is 7.50. The molecule has 10 heteroatoms. The lowest BCUT2D eigenvalue weighted by molar-refractivity contribution is 0.00432. The van der Waals surface area contributed by atoms with Crippen molar-refractivity contribution in [1.29, 1.82) is 0 Å². The Morgan fingerprint density at radius 1 is 1.03 bits per heavy atom. The molecule has 1 aliphatic heterocycles. The average Bonchev–Trinajstić information content (AvgIpc) is 3.21. The van der Waals surface area contributed by atoms with Crippen molar-refractivity contribution >= 4 is 57.1 Å². The van der Waals surface area contributed by atoms with Gasteiger partial charge in [-0.3, -0.25) is 0 Å². The summed E-state index contributed by atoms with van der Waals surface area (Å²) < 4.78 is 33.1. The molecule has 8 nitrogen and oxygen atoms in total. The molecule has 2 aromatic carbocycles. The van der Waals surface area contributed by atoms with Crippen molar-refractivity contribution in [1.82, 2.24) is 0 Å². The Morgan fingerprint density at radius 3 is 2.43 bits per heavy atom. The fraction of sp³-hybridized carbons (Fsp3) is 0.300. The summed E-state index contributed by atoms with van der Waals surface area (Å²) in [4.78, 5) is 25.0. The van der Waals surface area contributed by atoms with Gasteiger partial charge in [0.15, 0.2) is 23.0 Å². The molecule has 0 saturated carbocycles. The van der Waals surface area contributed by atoms with E-state index in [0.717, 1.165) is 0 Å². The number of halogens is 2. The molecule has 0 amide bonds. The minimum atomic E-state index is -0.656. The maximum atomic E-state index is 12.5. The van der Waals surface area contributed by atoms with Crippen molar-refractivity contribution < 1.29 is 38.0 Å². The summed E-state index contributed by atoms with van der Waals surface area (Å²) in [7, 11) is 3.00. The van der Waals surface area contributed by atoms with Gasteiger partial charge in [0.2, 0.25) is 6.79 Å². The summed E-state index contributed by atoms with van der Waals surface area (Å²) in [6.07, 6.45) is -0.656. The number of hydrogen-bond donors (Lipinski definition) is 0. The van der Waals surface area contributed by atoms with Crippen LogP contribution >= 0.6 is 45.2 Å². The summed E-state index contributed by atoms with van der Waals surface area (Å²) in [5.41, 5.74) is 0.685. The highest BCUT2D eigenvalue weighted by atomic mass is 127. The lowest BCUT2D eigenvalue weighted by Crippen LogP contribution is -2.23. The summed E-state index contributed by atoms with van der Waals surface area (Å²) in [5, 5.41) is 0. The second-order valence-corrected chi connectivity index (χ2v) is 8.40. The molecule has 0 aliphatic carbocycles. The first-order valence-corrected chi connectivity index (χ1v) is 10.9. The van der Waals surface area contributed by atoms with E-state index in [9.17, 15) is 9.59 Å². The van der Waals surface area contributed by atoms with Gasteiger partial charge in [-0.25, -0.2) is 9.59 Å². The Balaban J connectivity index is 1.62. The molecule has 160 valence electrons. The summed E-state index contributed by atoms with van der Waals surface area (Å²) in [6.45, 7) is 1.66. The zero-order chi connectivity index (χ0) is 21.8. The van der Waals surface area contributed by atoms with Crippen molar-refractivity contribution in [3.8, 4) is 23.0 Å². The highest BCUT2D eigenvalue weighted by molar-refractivity contribution is 14.1. The molecule has 0 radical (unpaired) electrons. The number of methoxy groups -OCH3 is 2. The number of esters is 2. The van der Waals surface area contributed by atoms with E-state index in [2.05, 4.69) is 0 Å². The van der Waals surface area contributed by atoms with Crippen LogP contribution in [-0.2, 0) is 9.47 Å². The van der Waals surface area contributed by atoms with Crippen LogP contribution in [0.5, 0.6) is 23.0 Å².